The molecule has 0 spiro atoms. The van der Waals surface area contributed by atoms with Gasteiger partial charge < -0.3 is 0 Å². The van der Waals surface area contributed by atoms with Gasteiger partial charge in [-0.25, -0.2) is 9.97 Å². The van der Waals surface area contributed by atoms with Gasteiger partial charge in [-0.3, -0.25) is 18.2 Å². The molecule has 0 atom stereocenters. The lowest BCUT2D eigenvalue weighted by molar-refractivity contribution is 0.479. The van der Waals surface area contributed by atoms with Crippen molar-refractivity contribution in [2.24, 2.45) is 5.92 Å². The van der Waals surface area contributed by atoms with Crippen LogP contribution in [0.1, 0.15) is 51.2 Å². The Morgan fingerprint density at radius 1 is 0.625 bits per heavy atom. The first-order chi connectivity index (χ1) is 22.0. The third kappa shape index (κ3) is 7.04. The van der Waals surface area contributed by atoms with Gasteiger partial charge in [-0.15, -0.1) is 22.7 Å². The van der Waals surface area contributed by atoms with Crippen molar-refractivity contribution in [3.8, 4) is 21.1 Å². The molecule has 5 rings (SSSR count). The third-order valence-corrected chi connectivity index (χ3v) is 13.5. The molecule has 0 aliphatic carbocycles. The molecule has 0 aliphatic rings. The number of nitrogens with zero attached hydrogens (tertiary/aromatic N) is 2. The SMILES string of the molecule is CC(C)CCc1ccc(-c2nc3c(S(=O)(=O)O)c4sc(-c5ccc(C(C)C)c(S(=O)(=O)O)c5)nc4c(S(=O)(=O)O)c3s2)cc1S(=O)(=O)O. The predicted molar refractivity (Wildman–Crippen MR) is 180 cm³/mol. The minimum atomic E-state index is -5.19. The van der Waals surface area contributed by atoms with Crippen LogP contribution in [0, 0.1) is 5.92 Å². The van der Waals surface area contributed by atoms with Crippen LogP contribution in [0.2, 0.25) is 0 Å². The molecule has 0 bridgehead atoms. The molecule has 14 nitrogen and oxygen atoms in total. The minimum Gasteiger partial charge on any atom is -0.282 e. The first-order valence-corrected chi connectivity index (χ1v) is 21.3. The summed E-state index contributed by atoms with van der Waals surface area (Å²) in [6, 6.07) is 7.92. The average molecular weight is 777 g/mol. The molecule has 0 unspecified atom stereocenters. The van der Waals surface area contributed by atoms with Crippen molar-refractivity contribution < 1.29 is 51.9 Å². The van der Waals surface area contributed by atoms with Gasteiger partial charge in [0, 0.05) is 11.1 Å². The van der Waals surface area contributed by atoms with Crippen molar-refractivity contribution in [3.63, 3.8) is 0 Å². The molecule has 2 heterocycles. The average Bonchev–Trinajstić information content (AvgIpc) is 3.56. The van der Waals surface area contributed by atoms with Crippen LogP contribution in [0.25, 0.3) is 41.6 Å². The molecule has 258 valence electrons. The summed E-state index contributed by atoms with van der Waals surface area (Å²) in [5.74, 6) is -0.117. The summed E-state index contributed by atoms with van der Waals surface area (Å²) >= 11 is 1.11. The summed E-state index contributed by atoms with van der Waals surface area (Å²) in [6.07, 6.45) is 0.909. The fourth-order valence-corrected chi connectivity index (χ4v) is 11.3. The van der Waals surface area contributed by atoms with E-state index < -0.39 is 80.5 Å². The number of rotatable bonds is 10. The smallest absolute Gasteiger partial charge is 0.282 e. The van der Waals surface area contributed by atoms with Gasteiger partial charge in [-0.1, -0.05) is 52.0 Å². The molecule has 4 N–H and O–H groups in total. The second-order valence-electron chi connectivity index (χ2n) is 11.6. The largest absolute Gasteiger partial charge is 0.298 e. The summed E-state index contributed by atoms with van der Waals surface area (Å²) in [7, 11) is -19.9. The highest BCUT2D eigenvalue weighted by molar-refractivity contribution is 7.87. The third-order valence-electron chi connectivity index (χ3n) is 7.36. The maximum atomic E-state index is 12.8. The fourth-order valence-electron chi connectivity index (χ4n) is 5.14. The quantitative estimate of drug-likeness (QED) is 0.120. The van der Waals surface area contributed by atoms with Crippen molar-refractivity contribution in [1.29, 1.82) is 0 Å². The van der Waals surface area contributed by atoms with E-state index >= 15 is 0 Å². The van der Waals surface area contributed by atoms with Crippen LogP contribution in [0.3, 0.4) is 0 Å². The summed E-state index contributed by atoms with van der Waals surface area (Å²) in [6.45, 7) is 7.25. The van der Waals surface area contributed by atoms with Crippen molar-refractivity contribution in [3.05, 3.63) is 47.5 Å². The Kier molecular flexibility index (Phi) is 9.43. The normalized spacial score (nSPS) is 13.4. The number of fused-ring (bicyclic) bond motifs is 2. The predicted octanol–water partition coefficient (Wildman–Crippen LogP) is 5.94. The van der Waals surface area contributed by atoms with Crippen LogP contribution in [0.4, 0.5) is 0 Å². The van der Waals surface area contributed by atoms with E-state index in [1.54, 1.807) is 13.8 Å². The van der Waals surface area contributed by atoms with E-state index in [0.717, 1.165) is 12.1 Å². The standard InChI is InChI=1S/C28H28N2O12S6/c1-13(2)5-6-15-7-8-16(11-19(15)45(31,32)33)27-29-21-23(43-27)26(48(40,41)42)22-24(25(21)47(37,38)39)44-28(30-22)17-9-10-18(14(3)4)20(12-17)46(34,35)36/h7-14H,5-6H2,1-4H3,(H,31,32,33)(H,34,35,36)(H,37,38,39)(H,40,41,42). The summed E-state index contributed by atoms with van der Waals surface area (Å²) in [4.78, 5) is 5.90. The molecule has 0 saturated carbocycles. The van der Waals surface area contributed by atoms with Gasteiger partial charge >= 0.3 is 0 Å². The Labute approximate surface area is 284 Å². The topological polar surface area (TPSA) is 243 Å². The summed E-state index contributed by atoms with van der Waals surface area (Å²) < 4.78 is 140. The van der Waals surface area contributed by atoms with Gasteiger partial charge in [0.25, 0.3) is 40.5 Å². The van der Waals surface area contributed by atoms with E-state index in [4.69, 9.17) is 0 Å². The zero-order chi connectivity index (χ0) is 35.7. The Morgan fingerprint density at radius 2 is 1.06 bits per heavy atom. The van der Waals surface area contributed by atoms with Gasteiger partial charge in [0.2, 0.25) is 0 Å². The highest BCUT2D eigenvalue weighted by Gasteiger charge is 2.33. The molecule has 0 saturated heterocycles. The fraction of sp³-hybridized carbons (Fsp3) is 0.286. The van der Waals surface area contributed by atoms with Gasteiger partial charge in [0.05, 0.1) is 19.2 Å². The van der Waals surface area contributed by atoms with Gasteiger partial charge in [-0.2, -0.15) is 33.7 Å². The van der Waals surface area contributed by atoms with Crippen LogP contribution in [-0.2, 0) is 46.9 Å². The van der Waals surface area contributed by atoms with Crippen LogP contribution < -0.4 is 0 Å². The highest BCUT2D eigenvalue weighted by Crippen LogP contribution is 2.46. The van der Waals surface area contributed by atoms with E-state index in [2.05, 4.69) is 9.97 Å². The number of hydrogen-bond acceptors (Lipinski definition) is 12. The van der Waals surface area contributed by atoms with Crippen LogP contribution >= 0.6 is 22.7 Å². The molecule has 0 amide bonds. The minimum absolute atomic E-state index is 0.0445. The van der Waals surface area contributed by atoms with Crippen molar-refractivity contribution in [1.82, 2.24) is 9.97 Å². The first-order valence-electron chi connectivity index (χ1n) is 13.9. The molecule has 20 heteroatoms. The second-order valence-corrected chi connectivity index (χ2v) is 19.1. The molecule has 48 heavy (non-hydrogen) atoms. The number of aryl methyl sites for hydroxylation is 1. The maximum Gasteiger partial charge on any atom is 0.298 e. The Morgan fingerprint density at radius 3 is 1.46 bits per heavy atom. The highest BCUT2D eigenvalue weighted by atomic mass is 32.2. The van der Waals surface area contributed by atoms with Crippen LogP contribution in [0.15, 0.2) is 56.0 Å². The molecular weight excluding hydrogens is 749 g/mol. The molecule has 3 aromatic carbocycles. The van der Waals surface area contributed by atoms with Gasteiger partial charge in [0.1, 0.15) is 30.8 Å². The summed E-state index contributed by atoms with van der Waals surface area (Å²) in [5.41, 5.74) is -0.468. The van der Waals surface area contributed by atoms with E-state index in [1.807, 2.05) is 13.8 Å². The first kappa shape index (κ1) is 36.4. The van der Waals surface area contributed by atoms with Gasteiger partial charge in [-0.05, 0) is 47.9 Å². The molecule has 0 aliphatic heterocycles. The maximum absolute atomic E-state index is 12.8. The zero-order valence-electron chi connectivity index (χ0n) is 25.4. The number of hydrogen-bond donors (Lipinski definition) is 4. The van der Waals surface area contributed by atoms with E-state index in [1.165, 1.54) is 24.3 Å². The van der Waals surface area contributed by atoms with Crippen LogP contribution in [-0.4, -0.2) is 61.9 Å². The van der Waals surface area contributed by atoms with Crippen LogP contribution in [0.5, 0.6) is 0 Å². The molecular formula is C28H28N2O12S6. The molecule has 5 aromatic rings. The molecule has 0 fully saturated rings. The number of aromatic nitrogens is 2. The Bertz CT molecular complexity index is 2480. The lowest BCUT2D eigenvalue weighted by Crippen LogP contribution is -2.05. The number of thiazole rings is 2. The Balaban J connectivity index is 1.83. The van der Waals surface area contributed by atoms with Gasteiger partial charge in [0.15, 0.2) is 0 Å². The summed E-state index contributed by atoms with van der Waals surface area (Å²) in [5, 5.41) is -0.229. The molecule has 2 aromatic heterocycles. The second kappa shape index (κ2) is 12.4. The van der Waals surface area contributed by atoms with Crippen molar-refractivity contribution in [2.45, 2.75) is 66.0 Å². The molecule has 0 radical (unpaired) electrons. The van der Waals surface area contributed by atoms with E-state index in [-0.39, 0.29) is 38.5 Å². The lowest BCUT2D eigenvalue weighted by Gasteiger charge is -2.11. The lowest BCUT2D eigenvalue weighted by atomic mass is 10.0. The van der Waals surface area contributed by atoms with Crippen molar-refractivity contribution in [2.75, 3.05) is 0 Å². The monoisotopic (exact) mass is 776 g/mol. The Hall–Kier alpha value is -2.92. The van der Waals surface area contributed by atoms with E-state index in [9.17, 15) is 51.9 Å². The zero-order valence-corrected chi connectivity index (χ0v) is 30.3. The van der Waals surface area contributed by atoms with Crippen molar-refractivity contribution >= 4 is 83.6 Å². The number of benzene rings is 3. The van der Waals surface area contributed by atoms with E-state index in [0.29, 0.717) is 41.1 Å².